The zero-order valence-corrected chi connectivity index (χ0v) is 10.6. The summed E-state index contributed by atoms with van der Waals surface area (Å²) in [6.07, 6.45) is 1.04. The number of carboxylic acid groups (broad SMARTS) is 1. The number of nitrogen functional groups attached to an aromatic ring is 1. The number of carboxylic acids is 1. The number of anilines is 2. The monoisotopic (exact) mass is 236 g/mol. The topological polar surface area (TPSA) is 75.3 Å². The molecule has 0 aliphatic carbocycles. The molecule has 4 N–H and O–H groups in total. The predicted molar refractivity (Wildman–Crippen MR) is 70.4 cm³/mol. The summed E-state index contributed by atoms with van der Waals surface area (Å²) < 4.78 is 0. The first-order valence-electron chi connectivity index (χ1n) is 5.72. The Hall–Kier alpha value is -1.71. The zero-order valence-electron chi connectivity index (χ0n) is 10.6. The molecule has 17 heavy (non-hydrogen) atoms. The summed E-state index contributed by atoms with van der Waals surface area (Å²) in [7, 11) is 0. The lowest BCUT2D eigenvalue weighted by Gasteiger charge is -2.24. The van der Waals surface area contributed by atoms with E-state index in [1.54, 1.807) is 12.1 Å². The number of hydrogen-bond acceptors (Lipinski definition) is 3. The molecule has 94 valence electrons. The quantitative estimate of drug-likeness (QED) is 0.687. The maximum Gasteiger partial charge on any atom is 0.335 e. The molecule has 0 aliphatic rings. The van der Waals surface area contributed by atoms with Crippen molar-refractivity contribution < 1.29 is 9.90 Å². The van der Waals surface area contributed by atoms with Crippen molar-refractivity contribution in [2.45, 2.75) is 27.2 Å². The summed E-state index contributed by atoms with van der Waals surface area (Å²) in [5.74, 6) is -0.942. The highest BCUT2D eigenvalue weighted by atomic mass is 16.4. The molecule has 0 spiro atoms. The highest BCUT2D eigenvalue weighted by Crippen LogP contribution is 2.24. The van der Waals surface area contributed by atoms with Crippen LogP contribution in [0.15, 0.2) is 18.2 Å². The zero-order chi connectivity index (χ0) is 13.1. The SMILES string of the molecule is CCC(C)(C)CNc1cc(C(=O)O)ccc1N. The van der Waals surface area contributed by atoms with Gasteiger partial charge in [0.15, 0.2) is 0 Å². The molecular formula is C13H20N2O2. The van der Waals surface area contributed by atoms with Crippen LogP contribution >= 0.6 is 0 Å². The first-order chi connectivity index (χ1) is 7.85. The van der Waals surface area contributed by atoms with Crippen LogP contribution in [0.2, 0.25) is 0 Å². The minimum atomic E-state index is -0.942. The molecule has 0 saturated carbocycles. The van der Waals surface area contributed by atoms with Crippen LogP contribution in [-0.2, 0) is 0 Å². The van der Waals surface area contributed by atoms with E-state index in [0.717, 1.165) is 13.0 Å². The van der Waals surface area contributed by atoms with Crippen molar-refractivity contribution in [2.75, 3.05) is 17.6 Å². The third kappa shape index (κ3) is 3.66. The van der Waals surface area contributed by atoms with Gasteiger partial charge in [-0.25, -0.2) is 4.79 Å². The fraction of sp³-hybridized carbons (Fsp3) is 0.462. The number of aromatic carboxylic acids is 1. The predicted octanol–water partition coefficient (Wildman–Crippen LogP) is 2.82. The maximum absolute atomic E-state index is 10.9. The second-order valence-electron chi connectivity index (χ2n) is 4.98. The van der Waals surface area contributed by atoms with E-state index in [4.69, 9.17) is 10.8 Å². The van der Waals surface area contributed by atoms with E-state index in [9.17, 15) is 4.79 Å². The first kappa shape index (κ1) is 13.4. The Morgan fingerprint density at radius 3 is 2.65 bits per heavy atom. The van der Waals surface area contributed by atoms with Gasteiger partial charge in [0, 0.05) is 6.54 Å². The summed E-state index contributed by atoms with van der Waals surface area (Å²) in [6, 6.07) is 4.70. The van der Waals surface area contributed by atoms with E-state index < -0.39 is 5.97 Å². The van der Waals surface area contributed by atoms with Gasteiger partial charge in [0.25, 0.3) is 0 Å². The van der Waals surface area contributed by atoms with Crippen molar-refractivity contribution >= 4 is 17.3 Å². The summed E-state index contributed by atoms with van der Waals surface area (Å²) in [4.78, 5) is 10.9. The largest absolute Gasteiger partial charge is 0.478 e. The van der Waals surface area contributed by atoms with Gasteiger partial charge >= 0.3 is 5.97 Å². The number of hydrogen-bond donors (Lipinski definition) is 3. The van der Waals surface area contributed by atoms with Gasteiger partial charge in [0.1, 0.15) is 0 Å². The lowest BCUT2D eigenvalue weighted by atomic mass is 9.90. The lowest BCUT2D eigenvalue weighted by molar-refractivity contribution is 0.0697. The number of rotatable bonds is 5. The van der Waals surface area contributed by atoms with Crippen LogP contribution in [0.4, 0.5) is 11.4 Å². The summed E-state index contributed by atoms with van der Waals surface area (Å²) in [6.45, 7) is 7.18. The molecule has 1 rings (SSSR count). The molecule has 0 aromatic heterocycles. The van der Waals surface area contributed by atoms with Crippen LogP contribution < -0.4 is 11.1 Å². The summed E-state index contributed by atoms with van der Waals surface area (Å²) in [5, 5.41) is 12.1. The van der Waals surface area contributed by atoms with Gasteiger partial charge < -0.3 is 16.2 Å². The van der Waals surface area contributed by atoms with E-state index >= 15 is 0 Å². The van der Waals surface area contributed by atoms with Crippen molar-refractivity contribution in [1.29, 1.82) is 0 Å². The average molecular weight is 236 g/mol. The van der Waals surface area contributed by atoms with Crippen molar-refractivity contribution in [1.82, 2.24) is 0 Å². The molecule has 4 heteroatoms. The molecule has 0 radical (unpaired) electrons. The van der Waals surface area contributed by atoms with Crippen LogP contribution in [0, 0.1) is 5.41 Å². The van der Waals surface area contributed by atoms with E-state index in [2.05, 4.69) is 26.1 Å². The Bertz CT molecular complexity index is 414. The molecule has 0 unspecified atom stereocenters. The van der Waals surface area contributed by atoms with Crippen LogP contribution in [-0.4, -0.2) is 17.6 Å². The molecule has 0 aliphatic heterocycles. The molecule has 0 saturated heterocycles. The lowest BCUT2D eigenvalue weighted by Crippen LogP contribution is -2.22. The molecule has 1 aromatic rings. The van der Waals surface area contributed by atoms with Gasteiger partial charge in [0.2, 0.25) is 0 Å². The molecular weight excluding hydrogens is 216 g/mol. The highest BCUT2D eigenvalue weighted by molar-refractivity contribution is 5.90. The summed E-state index contributed by atoms with van der Waals surface area (Å²) >= 11 is 0. The number of carbonyl (C=O) groups is 1. The normalized spacial score (nSPS) is 11.2. The van der Waals surface area contributed by atoms with Gasteiger partial charge in [-0.3, -0.25) is 0 Å². The molecule has 0 fully saturated rings. The van der Waals surface area contributed by atoms with Crippen molar-refractivity contribution in [3.63, 3.8) is 0 Å². The van der Waals surface area contributed by atoms with Gasteiger partial charge in [-0.1, -0.05) is 20.8 Å². The molecule has 4 nitrogen and oxygen atoms in total. The molecule has 0 atom stereocenters. The Morgan fingerprint density at radius 2 is 2.12 bits per heavy atom. The fourth-order valence-corrected chi connectivity index (χ4v) is 1.30. The van der Waals surface area contributed by atoms with Crippen LogP contribution in [0.25, 0.3) is 0 Å². The summed E-state index contributed by atoms with van der Waals surface area (Å²) in [5.41, 5.74) is 7.47. The standard InChI is InChI=1S/C13H20N2O2/c1-4-13(2,3)8-15-11-7-9(12(16)17)5-6-10(11)14/h5-7,15H,4,8,14H2,1-3H3,(H,16,17). The number of benzene rings is 1. The van der Waals surface area contributed by atoms with Crippen molar-refractivity contribution in [3.05, 3.63) is 23.8 Å². The van der Waals surface area contributed by atoms with E-state index in [0.29, 0.717) is 11.4 Å². The van der Waals surface area contributed by atoms with E-state index in [1.807, 2.05) is 0 Å². The van der Waals surface area contributed by atoms with Crippen LogP contribution in [0.5, 0.6) is 0 Å². The fourth-order valence-electron chi connectivity index (χ4n) is 1.30. The molecule has 0 bridgehead atoms. The average Bonchev–Trinajstić information content (AvgIpc) is 2.27. The number of nitrogens with one attached hydrogen (secondary N) is 1. The first-order valence-corrected chi connectivity index (χ1v) is 5.72. The van der Waals surface area contributed by atoms with Gasteiger partial charge in [-0.15, -0.1) is 0 Å². The second kappa shape index (κ2) is 5.08. The van der Waals surface area contributed by atoms with Gasteiger partial charge in [0.05, 0.1) is 16.9 Å². The molecule has 0 amide bonds. The Labute approximate surface area is 102 Å². The van der Waals surface area contributed by atoms with Crippen molar-refractivity contribution in [2.24, 2.45) is 5.41 Å². The maximum atomic E-state index is 10.9. The van der Waals surface area contributed by atoms with Crippen molar-refractivity contribution in [3.8, 4) is 0 Å². The third-order valence-corrected chi connectivity index (χ3v) is 3.01. The third-order valence-electron chi connectivity index (χ3n) is 3.01. The Morgan fingerprint density at radius 1 is 1.47 bits per heavy atom. The van der Waals surface area contributed by atoms with E-state index in [1.165, 1.54) is 6.07 Å². The Balaban J connectivity index is 2.83. The number of nitrogens with two attached hydrogens (primary N) is 1. The van der Waals surface area contributed by atoms with Gasteiger partial charge in [-0.05, 0) is 30.0 Å². The Kier molecular flexibility index (Phi) is 3.99. The smallest absolute Gasteiger partial charge is 0.335 e. The van der Waals surface area contributed by atoms with Crippen LogP contribution in [0.1, 0.15) is 37.6 Å². The minimum absolute atomic E-state index is 0.158. The minimum Gasteiger partial charge on any atom is -0.478 e. The van der Waals surface area contributed by atoms with Crippen LogP contribution in [0.3, 0.4) is 0 Å². The van der Waals surface area contributed by atoms with E-state index in [-0.39, 0.29) is 11.0 Å². The highest BCUT2D eigenvalue weighted by Gasteiger charge is 2.15. The van der Waals surface area contributed by atoms with Gasteiger partial charge in [-0.2, -0.15) is 0 Å². The second-order valence-corrected chi connectivity index (χ2v) is 4.98. The molecule has 1 aromatic carbocycles. The molecule has 0 heterocycles.